The van der Waals surface area contributed by atoms with Crippen LogP contribution in [0.4, 0.5) is 5.69 Å². The van der Waals surface area contributed by atoms with E-state index in [4.69, 9.17) is 15.6 Å². The van der Waals surface area contributed by atoms with Crippen molar-refractivity contribution in [1.82, 2.24) is 0 Å². The molecule has 0 spiro atoms. The number of benzene rings is 1. The van der Waals surface area contributed by atoms with Crippen molar-refractivity contribution in [3.8, 4) is 5.75 Å². The lowest BCUT2D eigenvalue weighted by Crippen LogP contribution is -1.91. The summed E-state index contributed by atoms with van der Waals surface area (Å²) in [4.78, 5) is 0. The molecule has 0 aromatic heterocycles. The van der Waals surface area contributed by atoms with Crippen LogP contribution < -0.4 is 10.5 Å². The number of nitrogens with two attached hydrogens (primary N) is 1. The van der Waals surface area contributed by atoms with E-state index in [0.717, 1.165) is 11.3 Å². The maximum Gasteiger partial charge on any atom is 0.120 e. The minimum Gasteiger partial charge on any atom is -0.497 e. The zero-order valence-electron chi connectivity index (χ0n) is 8.23. The summed E-state index contributed by atoms with van der Waals surface area (Å²) in [6.07, 6.45) is 4.43. The van der Waals surface area contributed by atoms with Gasteiger partial charge in [0, 0.05) is 18.4 Å². The van der Waals surface area contributed by atoms with Crippen LogP contribution >= 0.6 is 0 Å². The molecule has 14 heavy (non-hydrogen) atoms. The molecule has 3 nitrogen and oxygen atoms in total. The number of ether oxygens (including phenoxy) is 1. The molecule has 3 heteroatoms. The van der Waals surface area contributed by atoms with Crippen molar-refractivity contribution in [2.24, 2.45) is 0 Å². The highest BCUT2D eigenvalue weighted by molar-refractivity contribution is 5.66. The van der Waals surface area contributed by atoms with E-state index in [1.165, 1.54) is 0 Å². The molecule has 0 amide bonds. The van der Waals surface area contributed by atoms with Gasteiger partial charge in [-0.1, -0.05) is 12.2 Å². The van der Waals surface area contributed by atoms with E-state index in [-0.39, 0.29) is 6.61 Å². The first-order valence-corrected chi connectivity index (χ1v) is 4.49. The molecule has 0 bridgehead atoms. The van der Waals surface area contributed by atoms with Crippen LogP contribution in [0, 0.1) is 0 Å². The van der Waals surface area contributed by atoms with Gasteiger partial charge in [0.15, 0.2) is 0 Å². The van der Waals surface area contributed by atoms with Gasteiger partial charge in [0.05, 0.1) is 7.11 Å². The number of nitrogen functional groups attached to an aromatic ring is 1. The second-order valence-electron chi connectivity index (χ2n) is 2.91. The van der Waals surface area contributed by atoms with Gasteiger partial charge in [0.25, 0.3) is 0 Å². The molecule has 0 aliphatic rings. The molecule has 1 rings (SSSR count). The zero-order valence-corrected chi connectivity index (χ0v) is 8.23. The number of rotatable bonds is 4. The summed E-state index contributed by atoms with van der Waals surface area (Å²) < 4.78 is 5.03. The van der Waals surface area contributed by atoms with Crippen LogP contribution in [0.15, 0.2) is 24.3 Å². The Balaban J connectivity index is 2.78. The lowest BCUT2D eigenvalue weighted by atomic mass is 10.1. The Morgan fingerprint density at radius 1 is 1.50 bits per heavy atom. The highest BCUT2D eigenvalue weighted by atomic mass is 16.5. The molecule has 0 saturated carbocycles. The van der Waals surface area contributed by atoms with E-state index in [0.29, 0.717) is 12.1 Å². The second-order valence-corrected chi connectivity index (χ2v) is 2.91. The summed E-state index contributed by atoms with van der Waals surface area (Å²) in [7, 11) is 1.61. The van der Waals surface area contributed by atoms with Crippen LogP contribution in [0.3, 0.4) is 0 Å². The first-order chi connectivity index (χ1) is 6.77. The van der Waals surface area contributed by atoms with E-state index >= 15 is 0 Å². The van der Waals surface area contributed by atoms with Gasteiger partial charge in [-0.2, -0.15) is 0 Å². The van der Waals surface area contributed by atoms with Crippen LogP contribution in [0.2, 0.25) is 0 Å². The summed E-state index contributed by atoms with van der Waals surface area (Å²) in [5.41, 5.74) is 7.41. The van der Waals surface area contributed by atoms with Crippen molar-refractivity contribution >= 4 is 11.8 Å². The van der Waals surface area contributed by atoms with E-state index in [1.807, 2.05) is 24.3 Å². The Hall–Kier alpha value is -1.48. The van der Waals surface area contributed by atoms with Crippen LogP contribution in [-0.2, 0) is 0 Å². The molecule has 1 aromatic rings. The normalized spacial score (nSPS) is 10.7. The van der Waals surface area contributed by atoms with Gasteiger partial charge in [0.2, 0.25) is 0 Å². The predicted octanol–water partition coefficient (Wildman–Crippen LogP) is 1.67. The molecule has 3 N–H and O–H groups in total. The van der Waals surface area contributed by atoms with Crippen molar-refractivity contribution in [1.29, 1.82) is 0 Å². The van der Waals surface area contributed by atoms with Crippen molar-refractivity contribution in [3.63, 3.8) is 0 Å². The minimum atomic E-state index is 0.159. The van der Waals surface area contributed by atoms with Crippen molar-refractivity contribution < 1.29 is 9.84 Å². The fourth-order valence-electron chi connectivity index (χ4n) is 1.12. The summed E-state index contributed by atoms with van der Waals surface area (Å²) >= 11 is 0. The third-order valence-corrected chi connectivity index (χ3v) is 1.89. The highest BCUT2D eigenvalue weighted by Crippen LogP contribution is 2.20. The summed E-state index contributed by atoms with van der Waals surface area (Å²) in [6.45, 7) is 0.159. The van der Waals surface area contributed by atoms with Gasteiger partial charge in [0.1, 0.15) is 5.75 Å². The average Bonchev–Trinajstić information content (AvgIpc) is 2.20. The van der Waals surface area contributed by atoms with Crippen LogP contribution in [0.1, 0.15) is 12.0 Å². The molecular weight excluding hydrogens is 178 g/mol. The topological polar surface area (TPSA) is 55.5 Å². The average molecular weight is 193 g/mol. The first kappa shape index (κ1) is 10.6. The van der Waals surface area contributed by atoms with Gasteiger partial charge in [-0.25, -0.2) is 0 Å². The van der Waals surface area contributed by atoms with E-state index in [2.05, 4.69) is 0 Å². The molecule has 0 unspecified atom stereocenters. The molecule has 0 aliphatic carbocycles. The number of aliphatic hydroxyl groups excluding tert-OH is 1. The van der Waals surface area contributed by atoms with Crippen molar-refractivity contribution in [2.75, 3.05) is 19.5 Å². The van der Waals surface area contributed by atoms with Gasteiger partial charge in [-0.3, -0.25) is 0 Å². The van der Waals surface area contributed by atoms with Crippen LogP contribution in [0.25, 0.3) is 6.08 Å². The molecular formula is C11H15NO2. The number of anilines is 1. The summed E-state index contributed by atoms with van der Waals surface area (Å²) in [5.74, 6) is 0.752. The largest absolute Gasteiger partial charge is 0.497 e. The number of aliphatic hydroxyl groups is 1. The molecule has 76 valence electrons. The lowest BCUT2D eigenvalue weighted by molar-refractivity contribution is 0.303. The fourth-order valence-corrected chi connectivity index (χ4v) is 1.12. The number of methoxy groups -OCH3 is 1. The summed E-state index contributed by atoms with van der Waals surface area (Å²) in [5, 5.41) is 8.59. The molecule has 0 aliphatic heterocycles. The third kappa shape index (κ3) is 2.78. The van der Waals surface area contributed by atoms with Crippen LogP contribution in [-0.4, -0.2) is 18.8 Å². The Morgan fingerprint density at radius 2 is 2.29 bits per heavy atom. The van der Waals surface area contributed by atoms with Crippen molar-refractivity contribution in [3.05, 3.63) is 29.8 Å². The third-order valence-electron chi connectivity index (χ3n) is 1.89. The molecule has 0 radical (unpaired) electrons. The van der Waals surface area contributed by atoms with E-state index < -0.39 is 0 Å². The number of hydrogen-bond acceptors (Lipinski definition) is 3. The maximum absolute atomic E-state index is 8.59. The van der Waals surface area contributed by atoms with Gasteiger partial charge < -0.3 is 15.6 Å². The van der Waals surface area contributed by atoms with E-state index in [1.54, 1.807) is 13.2 Å². The molecule has 1 aromatic carbocycles. The van der Waals surface area contributed by atoms with E-state index in [9.17, 15) is 0 Å². The molecule has 0 fully saturated rings. The van der Waals surface area contributed by atoms with Gasteiger partial charge >= 0.3 is 0 Å². The quantitative estimate of drug-likeness (QED) is 0.715. The molecule has 0 heterocycles. The smallest absolute Gasteiger partial charge is 0.120 e. The number of hydrogen-bond donors (Lipinski definition) is 2. The molecule has 0 saturated heterocycles. The minimum absolute atomic E-state index is 0.159. The predicted molar refractivity (Wildman–Crippen MR) is 58.1 cm³/mol. The van der Waals surface area contributed by atoms with Crippen molar-refractivity contribution in [2.45, 2.75) is 6.42 Å². The SMILES string of the molecule is COc1ccc(C=CCCO)c(N)c1. The Bertz CT molecular complexity index is 321. The Kier molecular flexibility index (Phi) is 4.01. The fraction of sp³-hybridized carbons (Fsp3) is 0.273. The van der Waals surface area contributed by atoms with Gasteiger partial charge in [-0.15, -0.1) is 0 Å². The lowest BCUT2D eigenvalue weighted by Gasteiger charge is -2.03. The molecule has 0 atom stereocenters. The highest BCUT2D eigenvalue weighted by Gasteiger charge is 1.96. The Labute approximate surface area is 83.8 Å². The standard InChI is InChI=1S/C11H15NO2/c1-14-10-6-5-9(11(12)8-10)4-2-3-7-13/h2,4-6,8,13H,3,7,12H2,1H3. The van der Waals surface area contributed by atoms with Gasteiger partial charge in [-0.05, 0) is 24.1 Å². The second kappa shape index (κ2) is 5.29. The zero-order chi connectivity index (χ0) is 10.4. The summed E-state index contributed by atoms with van der Waals surface area (Å²) in [6, 6.07) is 5.52. The van der Waals surface area contributed by atoms with Crippen LogP contribution in [0.5, 0.6) is 5.75 Å². The Morgan fingerprint density at radius 3 is 2.86 bits per heavy atom. The monoisotopic (exact) mass is 193 g/mol. The maximum atomic E-state index is 8.59. The first-order valence-electron chi connectivity index (χ1n) is 4.49.